The van der Waals surface area contributed by atoms with Crippen LogP contribution >= 0.6 is 0 Å². The summed E-state index contributed by atoms with van der Waals surface area (Å²) in [7, 11) is -0.989. The van der Waals surface area contributed by atoms with Gasteiger partial charge in [-0.15, -0.1) is 0 Å². The van der Waals surface area contributed by atoms with Gasteiger partial charge in [-0.3, -0.25) is 4.68 Å². The van der Waals surface area contributed by atoms with Crippen LogP contribution in [-0.2, 0) is 23.4 Å². The van der Waals surface area contributed by atoms with Gasteiger partial charge in [0.15, 0.2) is 9.84 Å². The lowest BCUT2D eigenvalue weighted by molar-refractivity contribution is 0.592. The Morgan fingerprint density at radius 1 is 1.50 bits per heavy atom. The molecule has 1 rings (SSSR count). The molecule has 0 atom stereocenters. The third-order valence-corrected chi connectivity index (χ3v) is 4.17. The molecule has 1 aromatic rings. The summed E-state index contributed by atoms with van der Waals surface area (Å²) in [6, 6.07) is 0. The second kappa shape index (κ2) is 5.45. The molecule has 0 bridgehead atoms. The van der Waals surface area contributed by atoms with Gasteiger partial charge in [-0.05, 0) is 6.92 Å². The molecule has 0 spiro atoms. The molecule has 0 aliphatic rings. The maximum Gasteiger partial charge on any atom is 0.151 e. The number of nitrogens with one attached hydrogen (secondary N) is 1. The van der Waals surface area contributed by atoms with Gasteiger partial charge in [-0.25, -0.2) is 8.42 Å². The lowest BCUT2D eigenvalue weighted by Gasteiger charge is -2.03. The molecule has 5 nitrogen and oxygen atoms in total. The van der Waals surface area contributed by atoms with Crippen LogP contribution in [0.3, 0.4) is 0 Å². The highest BCUT2D eigenvalue weighted by Gasteiger charge is 2.07. The van der Waals surface area contributed by atoms with Crippen molar-refractivity contribution in [2.24, 2.45) is 7.05 Å². The monoisotopic (exact) mass is 245 g/mol. The predicted octanol–water partition coefficient (Wildman–Crippen LogP) is 0.253. The van der Waals surface area contributed by atoms with Gasteiger partial charge in [0, 0.05) is 37.7 Å². The molecule has 0 radical (unpaired) electrons. The van der Waals surface area contributed by atoms with Crippen LogP contribution in [0.25, 0.3) is 0 Å². The van der Waals surface area contributed by atoms with Crippen molar-refractivity contribution in [3.05, 3.63) is 17.5 Å². The van der Waals surface area contributed by atoms with Gasteiger partial charge in [0.25, 0.3) is 0 Å². The van der Waals surface area contributed by atoms with Crippen molar-refractivity contribution in [3.8, 4) is 0 Å². The molecule has 1 aromatic heterocycles. The third kappa shape index (κ3) is 3.94. The summed E-state index contributed by atoms with van der Waals surface area (Å²) in [4.78, 5) is 0. The molecule has 0 unspecified atom stereocenters. The molecule has 1 heterocycles. The second-order valence-corrected chi connectivity index (χ2v) is 6.30. The second-order valence-electron chi connectivity index (χ2n) is 3.83. The molecule has 0 fully saturated rings. The average molecular weight is 245 g/mol. The van der Waals surface area contributed by atoms with Crippen molar-refractivity contribution >= 4 is 9.84 Å². The van der Waals surface area contributed by atoms with E-state index >= 15 is 0 Å². The lowest BCUT2D eigenvalue weighted by Crippen LogP contribution is -2.23. The molecule has 16 heavy (non-hydrogen) atoms. The largest absolute Gasteiger partial charge is 0.312 e. The van der Waals surface area contributed by atoms with E-state index in [1.165, 1.54) is 0 Å². The van der Waals surface area contributed by atoms with Crippen molar-refractivity contribution in [1.29, 1.82) is 0 Å². The van der Waals surface area contributed by atoms with E-state index in [9.17, 15) is 8.42 Å². The van der Waals surface area contributed by atoms with Crippen LogP contribution in [0.2, 0.25) is 0 Å². The molecule has 0 saturated heterocycles. The van der Waals surface area contributed by atoms with Crippen LogP contribution in [0, 0.1) is 6.92 Å². The Hall–Kier alpha value is -0.880. The fraction of sp³-hybridized carbons (Fsp3) is 0.700. The quantitative estimate of drug-likeness (QED) is 0.730. The third-order valence-electron chi connectivity index (χ3n) is 2.46. The number of nitrogens with zero attached hydrogens (tertiary/aromatic N) is 2. The van der Waals surface area contributed by atoms with Crippen molar-refractivity contribution in [3.63, 3.8) is 0 Å². The first-order chi connectivity index (χ1) is 7.44. The van der Waals surface area contributed by atoms with Gasteiger partial charge in [-0.1, -0.05) is 6.92 Å². The maximum absolute atomic E-state index is 11.2. The summed E-state index contributed by atoms with van der Waals surface area (Å²) in [5.74, 6) is 0.406. The number of hydrogen-bond donors (Lipinski definition) is 1. The summed E-state index contributed by atoms with van der Waals surface area (Å²) < 4.78 is 24.2. The Labute approximate surface area is 96.8 Å². The molecule has 1 N–H and O–H groups in total. The van der Waals surface area contributed by atoms with E-state index in [-0.39, 0.29) is 11.5 Å². The van der Waals surface area contributed by atoms with Gasteiger partial charge >= 0.3 is 0 Å². The number of rotatable bonds is 6. The minimum atomic E-state index is -2.86. The average Bonchev–Trinajstić information content (AvgIpc) is 2.52. The van der Waals surface area contributed by atoms with E-state index < -0.39 is 9.84 Å². The highest BCUT2D eigenvalue weighted by atomic mass is 32.2. The minimum absolute atomic E-state index is 0.197. The van der Waals surface area contributed by atoms with E-state index in [1.54, 1.807) is 11.6 Å². The van der Waals surface area contributed by atoms with Gasteiger partial charge < -0.3 is 5.32 Å². The van der Waals surface area contributed by atoms with Crippen LogP contribution in [0.4, 0.5) is 0 Å². The molecule has 0 aliphatic heterocycles. The molecular formula is C10H19N3O2S. The minimum Gasteiger partial charge on any atom is -0.312 e. The fourth-order valence-electron chi connectivity index (χ4n) is 1.42. The smallest absolute Gasteiger partial charge is 0.151 e. The zero-order valence-electron chi connectivity index (χ0n) is 10.0. The summed E-state index contributed by atoms with van der Waals surface area (Å²) in [5.41, 5.74) is 2.09. The van der Waals surface area contributed by atoms with Gasteiger partial charge in [0.1, 0.15) is 0 Å². The van der Waals surface area contributed by atoms with E-state index in [1.807, 2.05) is 20.2 Å². The molecule has 6 heteroatoms. The van der Waals surface area contributed by atoms with Crippen molar-refractivity contribution in [2.75, 3.05) is 18.1 Å². The summed E-state index contributed by atoms with van der Waals surface area (Å²) in [6.07, 6.45) is 1.94. The Morgan fingerprint density at radius 2 is 2.19 bits per heavy atom. The number of aromatic nitrogens is 2. The Balaban J connectivity index is 2.34. The van der Waals surface area contributed by atoms with Crippen molar-refractivity contribution in [1.82, 2.24) is 15.1 Å². The fourth-order valence-corrected chi connectivity index (χ4v) is 2.16. The van der Waals surface area contributed by atoms with Crippen LogP contribution in [-0.4, -0.2) is 36.2 Å². The highest BCUT2D eigenvalue weighted by molar-refractivity contribution is 7.91. The van der Waals surface area contributed by atoms with Crippen LogP contribution in [0.1, 0.15) is 18.2 Å². The molecular weight excluding hydrogens is 226 g/mol. The van der Waals surface area contributed by atoms with Gasteiger partial charge in [0.05, 0.1) is 11.4 Å². The van der Waals surface area contributed by atoms with E-state index in [0.717, 1.165) is 11.3 Å². The summed E-state index contributed by atoms with van der Waals surface area (Å²) in [6.45, 7) is 4.77. The molecule has 0 aliphatic carbocycles. The van der Waals surface area contributed by atoms with Gasteiger partial charge in [0.2, 0.25) is 0 Å². The standard InChI is InChI=1S/C10H19N3O2S/c1-4-16(14,15)6-5-11-7-10-8-13(3)12-9(10)2/h8,11H,4-7H2,1-3H3. The van der Waals surface area contributed by atoms with Gasteiger partial charge in [-0.2, -0.15) is 5.10 Å². The normalized spacial score (nSPS) is 11.9. The summed E-state index contributed by atoms with van der Waals surface area (Å²) in [5, 5.41) is 7.33. The Kier molecular flexibility index (Phi) is 4.49. The maximum atomic E-state index is 11.2. The Morgan fingerprint density at radius 3 is 2.69 bits per heavy atom. The SMILES string of the molecule is CCS(=O)(=O)CCNCc1cn(C)nc1C. The van der Waals surface area contributed by atoms with Crippen LogP contribution in [0.15, 0.2) is 6.20 Å². The first kappa shape index (κ1) is 13.2. The zero-order chi connectivity index (χ0) is 12.2. The van der Waals surface area contributed by atoms with Crippen molar-refractivity contribution in [2.45, 2.75) is 20.4 Å². The van der Waals surface area contributed by atoms with E-state index in [4.69, 9.17) is 0 Å². The highest BCUT2D eigenvalue weighted by Crippen LogP contribution is 2.03. The van der Waals surface area contributed by atoms with E-state index in [2.05, 4.69) is 10.4 Å². The topological polar surface area (TPSA) is 64.0 Å². The molecule has 92 valence electrons. The van der Waals surface area contributed by atoms with E-state index in [0.29, 0.717) is 13.1 Å². The molecule has 0 aromatic carbocycles. The van der Waals surface area contributed by atoms with Crippen molar-refractivity contribution < 1.29 is 8.42 Å². The summed E-state index contributed by atoms with van der Waals surface area (Å²) >= 11 is 0. The Bertz CT molecular complexity index is 437. The molecule has 0 saturated carbocycles. The first-order valence-corrected chi connectivity index (χ1v) is 7.17. The number of aryl methyl sites for hydroxylation is 2. The lowest BCUT2D eigenvalue weighted by atomic mass is 10.3. The molecule has 0 amide bonds. The van der Waals surface area contributed by atoms with Crippen LogP contribution < -0.4 is 5.32 Å². The predicted molar refractivity (Wildman–Crippen MR) is 64.0 cm³/mol. The first-order valence-electron chi connectivity index (χ1n) is 5.35. The number of sulfone groups is 1. The zero-order valence-corrected chi connectivity index (χ0v) is 10.8. The van der Waals surface area contributed by atoms with Crippen LogP contribution in [0.5, 0.6) is 0 Å². The number of hydrogen-bond acceptors (Lipinski definition) is 4.